The highest BCUT2D eigenvalue weighted by Gasteiger charge is 2.34. The molecule has 1 unspecified atom stereocenters. The Bertz CT molecular complexity index is 557. The number of aromatic nitrogens is 1. The molecule has 20 heavy (non-hydrogen) atoms. The number of nitrogens with zero attached hydrogens (tertiary/aromatic N) is 2. The summed E-state index contributed by atoms with van der Waals surface area (Å²) in [5.74, 6) is -0.0561. The normalized spacial score (nSPS) is 20.8. The Hall–Kier alpha value is -1.27. The Labute approximate surface area is 120 Å². The van der Waals surface area contributed by atoms with Gasteiger partial charge < -0.3 is 0 Å². The van der Waals surface area contributed by atoms with Crippen LogP contribution in [0.15, 0.2) is 24.4 Å². The van der Waals surface area contributed by atoms with Crippen LogP contribution in [0.4, 0.5) is 0 Å². The number of aryl methyl sites for hydroxylation is 1. The largest absolute Gasteiger partial charge is 0.298 e. The molecular weight excluding hydrogens is 276 g/mol. The SMILES string of the molecule is CC(=O)C1CCCCN1S(=O)(=O)CCc1ccccn1. The molecule has 1 saturated heterocycles. The lowest BCUT2D eigenvalue weighted by molar-refractivity contribution is -0.121. The molecule has 5 nitrogen and oxygen atoms in total. The number of hydrogen-bond donors (Lipinski definition) is 0. The van der Waals surface area contributed by atoms with Gasteiger partial charge in [0, 0.05) is 24.9 Å². The summed E-state index contributed by atoms with van der Waals surface area (Å²) in [4.78, 5) is 15.7. The van der Waals surface area contributed by atoms with Crippen molar-refractivity contribution in [1.29, 1.82) is 0 Å². The van der Waals surface area contributed by atoms with E-state index in [4.69, 9.17) is 0 Å². The second-order valence-electron chi connectivity index (χ2n) is 5.12. The van der Waals surface area contributed by atoms with Crippen LogP contribution in [0, 0.1) is 0 Å². The maximum absolute atomic E-state index is 12.4. The van der Waals surface area contributed by atoms with Crippen LogP contribution in [0.5, 0.6) is 0 Å². The molecule has 0 bridgehead atoms. The second-order valence-corrected chi connectivity index (χ2v) is 7.16. The van der Waals surface area contributed by atoms with Gasteiger partial charge in [-0.15, -0.1) is 0 Å². The first-order chi connectivity index (χ1) is 9.50. The summed E-state index contributed by atoms with van der Waals surface area (Å²) >= 11 is 0. The van der Waals surface area contributed by atoms with Crippen molar-refractivity contribution < 1.29 is 13.2 Å². The van der Waals surface area contributed by atoms with Gasteiger partial charge in [-0.05, 0) is 31.9 Å². The summed E-state index contributed by atoms with van der Waals surface area (Å²) in [6, 6.07) is 4.98. The van der Waals surface area contributed by atoms with Gasteiger partial charge in [-0.2, -0.15) is 4.31 Å². The lowest BCUT2D eigenvalue weighted by Crippen LogP contribution is -2.48. The number of carbonyl (C=O) groups is 1. The van der Waals surface area contributed by atoms with E-state index in [1.807, 2.05) is 12.1 Å². The molecule has 0 spiro atoms. The third kappa shape index (κ3) is 3.64. The number of ketones is 1. The molecule has 0 N–H and O–H groups in total. The summed E-state index contributed by atoms with van der Waals surface area (Å²) in [5, 5.41) is 0. The Balaban J connectivity index is 2.06. The quantitative estimate of drug-likeness (QED) is 0.823. The first kappa shape index (κ1) is 15.1. The zero-order valence-electron chi connectivity index (χ0n) is 11.7. The van der Waals surface area contributed by atoms with Gasteiger partial charge in [0.15, 0.2) is 0 Å². The minimum atomic E-state index is -3.40. The molecule has 0 amide bonds. The van der Waals surface area contributed by atoms with E-state index in [2.05, 4.69) is 4.98 Å². The third-order valence-electron chi connectivity index (χ3n) is 3.62. The average molecular weight is 296 g/mol. The van der Waals surface area contributed by atoms with E-state index in [0.29, 0.717) is 19.4 Å². The number of pyridine rings is 1. The molecule has 0 aromatic carbocycles. The van der Waals surface area contributed by atoms with Crippen LogP contribution in [0.1, 0.15) is 31.9 Å². The predicted octanol–water partition coefficient (Wildman–Crippen LogP) is 1.40. The maximum Gasteiger partial charge on any atom is 0.215 e. The first-order valence-corrected chi connectivity index (χ1v) is 8.51. The fourth-order valence-electron chi connectivity index (χ4n) is 2.54. The van der Waals surface area contributed by atoms with Crippen LogP contribution in [0.2, 0.25) is 0 Å². The topological polar surface area (TPSA) is 67.3 Å². The Morgan fingerprint density at radius 3 is 2.85 bits per heavy atom. The number of Topliss-reactive ketones (excluding diaryl/α,β-unsaturated/α-hetero) is 1. The van der Waals surface area contributed by atoms with Crippen molar-refractivity contribution in [3.63, 3.8) is 0 Å². The summed E-state index contributed by atoms with van der Waals surface area (Å²) in [6.45, 7) is 1.92. The molecule has 1 fully saturated rings. The van der Waals surface area contributed by atoms with Crippen molar-refractivity contribution in [1.82, 2.24) is 9.29 Å². The summed E-state index contributed by atoms with van der Waals surface area (Å²) < 4.78 is 26.2. The molecular formula is C14H20N2O3S. The van der Waals surface area contributed by atoms with E-state index >= 15 is 0 Å². The van der Waals surface area contributed by atoms with Gasteiger partial charge in [0.2, 0.25) is 10.0 Å². The summed E-state index contributed by atoms with van der Waals surface area (Å²) in [7, 11) is -3.40. The van der Waals surface area contributed by atoms with Crippen molar-refractivity contribution in [2.24, 2.45) is 0 Å². The van der Waals surface area contributed by atoms with E-state index in [1.165, 1.54) is 11.2 Å². The molecule has 0 saturated carbocycles. The van der Waals surface area contributed by atoms with Crippen LogP contribution in [0.3, 0.4) is 0 Å². The zero-order valence-corrected chi connectivity index (χ0v) is 12.5. The number of rotatable bonds is 5. The number of carbonyl (C=O) groups excluding carboxylic acids is 1. The highest BCUT2D eigenvalue weighted by atomic mass is 32.2. The Kier molecular flexibility index (Phi) is 4.88. The van der Waals surface area contributed by atoms with Gasteiger partial charge in [0.05, 0.1) is 11.8 Å². The standard InChI is InChI=1S/C14H20N2O3S/c1-12(17)14-7-3-5-10-16(14)20(18,19)11-8-13-6-2-4-9-15-13/h2,4,6,9,14H,3,5,7-8,10-11H2,1H3. The van der Waals surface area contributed by atoms with Crippen LogP contribution in [0.25, 0.3) is 0 Å². The summed E-state index contributed by atoms with van der Waals surface area (Å²) in [5.41, 5.74) is 0.757. The molecule has 1 aliphatic heterocycles. The molecule has 1 atom stereocenters. The van der Waals surface area contributed by atoms with Crippen LogP contribution < -0.4 is 0 Å². The van der Waals surface area contributed by atoms with Crippen molar-refractivity contribution in [3.8, 4) is 0 Å². The lowest BCUT2D eigenvalue weighted by atomic mass is 10.0. The van der Waals surface area contributed by atoms with Gasteiger partial charge in [-0.3, -0.25) is 9.78 Å². The molecule has 2 rings (SSSR count). The van der Waals surface area contributed by atoms with Crippen molar-refractivity contribution in [3.05, 3.63) is 30.1 Å². The molecule has 0 aliphatic carbocycles. The van der Waals surface area contributed by atoms with Crippen LogP contribution in [-0.2, 0) is 21.2 Å². The van der Waals surface area contributed by atoms with Crippen molar-refractivity contribution >= 4 is 15.8 Å². The van der Waals surface area contributed by atoms with Crippen LogP contribution >= 0.6 is 0 Å². The fraction of sp³-hybridized carbons (Fsp3) is 0.571. The molecule has 2 heterocycles. The third-order valence-corrected chi connectivity index (χ3v) is 5.49. The molecule has 1 aliphatic rings. The Morgan fingerprint density at radius 1 is 1.40 bits per heavy atom. The maximum atomic E-state index is 12.4. The van der Waals surface area contributed by atoms with Crippen molar-refractivity contribution in [2.75, 3.05) is 12.3 Å². The van der Waals surface area contributed by atoms with Gasteiger partial charge in [-0.1, -0.05) is 12.5 Å². The van der Waals surface area contributed by atoms with E-state index < -0.39 is 16.1 Å². The summed E-state index contributed by atoms with van der Waals surface area (Å²) in [6.07, 6.45) is 4.41. The molecule has 6 heteroatoms. The second kappa shape index (κ2) is 6.45. The number of piperidine rings is 1. The monoisotopic (exact) mass is 296 g/mol. The van der Waals surface area contributed by atoms with E-state index in [1.54, 1.807) is 12.3 Å². The van der Waals surface area contributed by atoms with Crippen molar-refractivity contribution in [2.45, 2.75) is 38.6 Å². The Morgan fingerprint density at radius 2 is 2.20 bits per heavy atom. The highest BCUT2D eigenvalue weighted by Crippen LogP contribution is 2.21. The van der Waals surface area contributed by atoms with E-state index in [-0.39, 0.29) is 11.5 Å². The number of sulfonamides is 1. The van der Waals surface area contributed by atoms with Gasteiger partial charge in [0.1, 0.15) is 5.78 Å². The number of hydrogen-bond acceptors (Lipinski definition) is 4. The minimum absolute atomic E-state index is 0.00773. The van der Waals surface area contributed by atoms with Gasteiger partial charge in [-0.25, -0.2) is 8.42 Å². The zero-order chi connectivity index (χ0) is 14.6. The molecule has 1 aromatic rings. The molecule has 0 radical (unpaired) electrons. The predicted molar refractivity (Wildman–Crippen MR) is 76.8 cm³/mol. The lowest BCUT2D eigenvalue weighted by Gasteiger charge is -2.33. The highest BCUT2D eigenvalue weighted by molar-refractivity contribution is 7.89. The smallest absolute Gasteiger partial charge is 0.215 e. The van der Waals surface area contributed by atoms with E-state index in [9.17, 15) is 13.2 Å². The van der Waals surface area contributed by atoms with E-state index in [0.717, 1.165) is 18.5 Å². The fourth-order valence-corrected chi connectivity index (χ4v) is 4.29. The average Bonchev–Trinajstić information content (AvgIpc) is 2.46. The van der Waals surface area contributed by atoms with Crippen LogP contribution in [-0.4, -0.2) is 41.8 Å². The molecule has 1 aromatic heterocycles. The van der Waals surface area contributed by atoms with Gasteiger partial charge in [0.25, 0.3) is 0 Å². The first-order valence-electron chi connectivity index (χ1n) is 6.90. The minimum Gasteiger partial charge on any atom is -0.298 e. The molecule has 110 valence electrons. The van der Waals surface area contributed by atoms with Gasteiger partial charge >= 0.3 is 0 Å².